The molecule has 8 nitrogen and oxygen atoms in total. The number of morpholine rings is 1. The van der Waals surface area contributed by atoms with Crippen molar-refractivity contribution in [2.24, 2.45) is 11.8 Å². The van der Waals surface area contributed by atoms with E-state index in [0.29, 0.717) is 24.9 Å². The molecule has 0 aromatic carbocycles. The Morgan fingerprint density at radius 1 is 0.971 bits per heavy atom. The minimum Gasteiger partial charge on any atom is -0.379 e. The molecular weight excluding hydrogens is 451 g/mol. The summed E-state index contributed by atoms with van der Waals surface area (Å²) in [5.41, 5.74) is 3.25. The van der Waals surface area contributed by atoms with Crippen LogP contribution in [0.15, 0.2) is 0 Å². The zero-order chi connectivity index (χ0) is 23.5. The molecule has 5 aliphatic rings. The van der Waals surface area contributed by atoms with E-state index in [-0.39, 0.29) is 24.4 Å². The van der Waals surface area contributed by atoms with Crippen LogP contribution < -0.4 is 16.1 Å². The minimum atomic E-state index is -4.54. The van der Waals surface area contributed by atoms with Gasteiger partial charge in [-0.3, -0.25) is 24.7 Å². The van der Waals surface area contributed by atoms with E-state index in [1.165, 1.54) is 0 Å². The van der Waals surface area contributed by atoms with E-state index >= 15 is 0 Å². The lowest BCUT2D eigenvalue weighted by molar-refractivity contribution is -0.346. The number of nitrogens with zero attached hydrogens (tertiary/aromatic N) is 2. The number of hydrogen-bond acceptors (Lipinski definition) is 8. The maximum Gasteiger partial charge on any atom is 0.522 e. The summed E-state index contributed by atoms with van der Waals surface area (Å²) in [5, 5.41) is 7.40. The Morgan fingerprint density at radius 2 is 1.82 bits per heavy atom. The first-order valence-corrected chi connectivity index (χ1v) is 13.2. The number of hydroxylamine groups is 1. The van der Waals surface area contributed by atoms with Gasteiger partial charge < -0.3 is 10.1 Å². The lowest BCUT2D eigenvalue weighted by atomic mass is 9.86. The molecule has 34 heavy (non-hydrogen) atoms. The van der Waals surface area contributed by atoms with Crippen molar-refractivity contribution in [3.63, 3.8) is 0 Å². The third kappa shape index (κ3) is 6.42. The van der Waals surface area contributed by atoms with Crippen LogP contribution in [0.3, 0.4) is 0 Å². The van der Waals surface area contributed by atoms with Gasteiger partial charge in [0.25, 0.3) is 0 Å². The van der Waals surface area contributed by atoms with Crippen LogP contribution in [-0.4, -0.2) is 92.8 Å². The second kappa shape index (κ2) is 11.2. The van der Waals surface area contributed by atoms with Crippen LogP contribution in [0.25, 0.3) is 0 Å². The first-order valence-electron chi connectivity index (χ1n) is 13.2. The molecule has 196 valence electrons. The van der Waals surface area contributed by atoms with E-state index in [1.54, 1.807) is 0 Å². The molecule has 3 N–H and O–H groups in total. The minimum absolute atomic E-state index is 0.0877. The molecule has 5 fully saturated rings. The number of nitrogens with one attached hydrogen (secondary N) is 3. The summed E-state index contributed by atoms with van der Waals surface area (Å²) in [5.74, 6) is 0.697. The highest BCUT2D eigenvalue weighted by Crippen LogP contribution is 2.34. The van der Waals surface area contributed by atoms with Crippen LogP contribution in [0.4, 0.5) is 13.2 Å². The number of ether oxygens (including phenoxy) is 2. The van der Waals surface area contributed by atoms with Crippen LogP contribution in [0.5, 0.6) is 0 Å². The summed E-state index contributed by atoms with van der Waals surface area (Å²) in [7, 11) is 0. The summed E-state index contributed by atoms with van der Waals surface area (Å²) >= 11 is 0. The topological polar surface area (TPSA) is 70.3 Å². The number of hydrogen-bond donors (Lipinski definition) is 3. The summed E-state index contributed by atoms with van der Waals surface area (Å²) in [6, 6.07) is 0.249. The predicted octanol–water partition coefficient (Wildman–Crippen LogP) is 1.98. The Bertz CT molecular complexity index is 646. The molecule has 0 amide bonds. The molecule has 4 heterocycles. The van der Waals surface area contributed by atoms with Crippen LogP contribution in [0, 0.1) is 11.8 Å². The van der Waals surface area contributed by atoms with E-state index in [1.807, 2.05) is 0 Å². The van der Waals surface area contributed by atoms with Crippen molar-refractivity contribution in [2.75, 3.05) is 45.9 Å². The van der Waals surface area contributed by atoms with Gasteiger partial charge in [0, 0.05) is 32.1 Å². The van der Waals surface area contributed by atoms with Crippen molar-refractivity contribution in [1.82, 2.24) is 25.9 Å². The molecule has 6 unspecified atom stereocenters. The van der Waals surface area contributed by atoms with Crippen LogP contribution >= 0.6 is 0 Å². The molecule has 4 aliphatic heterocycles. The van der Waals surface area contributed by atoms with Gasteiger partial charge in [-0.05, 0) is 57.4 Å². The predicted molar refractivity (Wildman–Crippen MR) is 119 cm³/mol. The van der Waals surface area contributed by atoms with E-state index in [4.69, 9.17) is 9.57 Å². The zero-order valence-electron chi connectivity index (χ0n) is 19.9. The first-order chi connectivity index (χ1) is 16.4. The third-order valence-corrected chi connectivity index (χ3v) is 8.34. The SMILES string of the molecule is FC(F)(F)OC1CCCC(CN2CCC[C@H]2C2NC(C3CCC(N4CCOCC4)NC3)NO2)C1. The number of alkyl halides is 3. The van der Waals surface area contributed by atoms with Crippen molar-refractivity contribution >= 4 is 0 Å². The molecular formula is C23H40F3N5O3. The normalized spacial score (nSPS) is 41.2. The lowest BCUT2D eigenvalue weighted by Crippen LogP contribution is -2.57. The zero-order valence-corrected chi connectivity index (χ0v) is 19.9. The van der Waals surface area contributed by atoms with Gasteiger partial charge in [0.1, 0.15) is 6.23 Å². The van der Waals surface area contributed by atoms with Gasteiger partial charge in [0.05, 0.1) is 37.7 Å². The molecule has 0 bridgehead atoms. The molecule has 0 aromatic rings. The van der Waals surface area contributed by atoms with Crippen molar-refractivity contribution < 1.29 is 27.5 Å². The highest BCUT2D eigenvalue weighted by atomic mass is 19.4. The molecule has 0 aromatic heterocycles. The van der Waals surface area contributed by atoms with Gasteiger partial charge in [-0.15, -0.1) is 13.2 Å². The fourth-order valence-electron chi connectivity index (χ4n) is 6.62. The summed E-state index contributed by atoms with van der Waals surface area (Å²) < 4.78 is 47.8. The largest absolute Gasteiger partial charge is 0.522 e. The number of halogens is 3. The van der Waals surface area contributed by atoms with Gasteiger partial charge in [0.2, 0.25) is 0 Å². The Balaban J connectivity index is 1.08. The van der Waals surface area contributed by atoms with Gasteiger partial charge in [-0.1, -0.05) is 6.42 Å². The Morgan fingerprint density at radius 3 is 2.59 bits per heavy atom. The first kappa shape index (κ1) is 25.1. The van der Waals surface area contributed by atoms with Crippen molar-refractivity contribution in [1.29, 1.82) is 0 Å². The number of piperidine rings is 1. The van der Waals surface area contributed by atoms with Crippen molar-refractivity contribution in [3.05, 3.63) is 0 Å². The maximum absolute atomic E-state index is 12.7. The quantitative estimate of drug-likeness (QED) is 0.521. The van der Waals surface area contributed by atoms with E-state index in [2.05, 4.69) is 30.7 Å². The standard InChI is InChI=1S/C23H40F3N5O3/c24-23(25,26)33-18-4-1-3-16(13-18)15-31-8-2-5-19(31)22-28-21(29-34-22)17-6-7-20(27-14-17)30-9-11-32-12-10-30/h16-22,27-29H,1-15H2/t16?,17?,18?,19-,20?,21?,22?/m0/s1. The molecule has 1 aliphatic carbocycles. The molecule has 11 heteroatoms. The molecule has 7 atom stereocenters. The lowest BCUT2D eigenvalue weighted by Gasteiger charge is -2.40. The number of rotatable bonds is 6. The highest BCUT2D eigenvalue weighted by Gasteiger charge is 2.42. The fourth-order valence-corrected chi connectivity index (χ4v) is 6.62. The third-order valence-electron chi connectivity index (χ3n) is 8.34. The Hall–Kier alpha value is -0.530. The Kier molecular flexibility index (Phi) is 8.31. The van der Waals surface area contributed by atoms with Gasteiger partial charge in [0.15, 0.2) is 0 Å². The molecule has 0 spiro atoms. The number of likely N-dealkylation sites (tertiary alicyclic amines) is 1. The average molecular weight is 492 g/mol. The summed E-state index contributed by atoms with van der Waals surface area (Å²) in [6.07, 6.45) is 2.37. The Labute approximate surface area is 200 Å². The van der Waals surface area contributed by atoms with Crippen LogP contribution in [0.2, 0.25) is 0 Å². The van der Waals surface area contributed by atoms with Gasteiger partial charge in [-0.25, -0.2) is 0 Å². The maximum atomic E-state index is 12.7. The van der Waals surface area contributed by atoms with Gasteiger partial charge in [-0.2, -0.15) is 5.48 Å². The second-order valence-corrected chi connectivity index (χ2v) is 10.6. The van der Waals surface area contributed by atoms with Crippen LogP contribution in [-0.2, 0) is 14.3 Å². The van der Waals surface area contributed by atoms with E-state index < -0.39 is 12.5 Å². The van der Waals surface area contributed by atoms with Gasteiger partial charge >= 0.3 is 6.36 Å². The second-order valence-electron chi connectivity index (χ2n) is 10.6. The van der Waals surface area contributed by atoms with Crippen molar-refractivity contribution in [2.45, 2.75) is 88.4 Å². The van der Waals surface area contributed by atoms with E-state index in [9.17, 15) is 13.2 Å². The smallest absolute Gasteiger partial charge is 0.379 e. The molecule has 0 radical (unpaired) electrons. The molecule has 1 saturated carbocycles. The molecule has 5 rings (SSSR count). The summed E-state index contributed by atoms with van der Waals surface area (Å²) in [6.45, 7) is 6.37. The average Bonchev–Trinajstić information content (AvgIpc) is 3.48. The monoisotopic (exact) mass is 491 g/mol. The van der Waals surface area contributed by atoms with Crippen LogP contribution in [0.1, 0.15) is 51.4 Å². The fraction of sp³-hybridized carbons (Fsp3) is 1.00. The molecule has 4 saturated heterocycles. The van der Waals surface area contributed by atoms with Crippen molar-refractivity contribution in [3.8, 4) is 0 Å². The summed E-state index contributed by atoms with van der Waals surface area (Å²) in [4.78, 5) is 10.9. The highest BCUT2D eigenvalue weighted by molar-refractivity contribution is 4.93. The van der Waals surface area contributed by atoms with E-state index in [0.717, 1.165) is 84.5 Å².